The maximum atomic E-state index is 12.1. The van der Waals surface area contributed by atoms with Crippen LogP contribution in [-0.2, 0) is 19.4 Å². The summed E-state index contributed by atoms with van der Waals surface area (Å²) in [4.78, 5) is 23.6. The van der Waals surface area contributed by atoms with E-state index in [2.05, 4.69) is 20.6 Å². The molecule has 140 valence electrons. The number of carbonyl (C=O) groups is 1. The topological polar surface area (TPSA) is 66.9 Å². The van der Waals surface area contributed by atoms with E-state index in [-0.39, 0.29) is 11.9 Å². The number of hydrogen-bond acceptors (Lipinski definition) is 5. The van der Waals surface area contributed by atoms with Crippen LogP contribution in [0, 0.1) is 0 Å². The first kappa shape index (κ1) is 17.9. The molecule has 1 amide bonds. The molecule has 1 aliphatic carbocycles. The molecule has 2 N–H and O–H groups in total. The third-order valence-electron chi connectivity index (χ3n) is 4.85. The van der Waals surface area contributed by atoms with Crippen molar-refractivity contribution in [2.45, 2.75) is 52.1 Å². The van der Waals surface area contributed by atoms with Crippen molar-refractivity contribution in [2.75, 3.05) is 5.32 Å². The molecule has 0 unspecified atom stereocenters. The van der Waals surface area contributed by atoms with Gasteiger partial charge in [-0.05, 0) is 62.8 Å². The largest absolute Gasteiger partial charge is 0.365 e. The Morgan fingerprint density at radius 3 is 2.70 bits per heavy atom. The van der Waals surface area contributed by atoms with Gasteiger partial charge in [0.05, 0.1) is 5.39 Å². The smallest absolute Gasteiger partial charge is 0.251 e. The predicted molar refractivity (Wildman–Crippen MR) is 110 cm³/mol. The van der Waals surface area contributed by atoms with Crippen LogP contribution in [0.3, 0.4) is 0 Å². The molecule has 5 nitrogen and oxygen atoms in total. The highest BCUT2D eigenvalue weighted by Crippen LogP contribution is 2.38. The van der Waals surface area contributed by atoms with Gasteiger partial charge in [-0.25, -0.2) is 9.97 Å². The fourth-order valence-electron chi connectivity index (χ4n) is 3.53. The van der Waals surface area contributed by atoms with Crippen molar-refractivity contribution in [1.82, 2.24) is 15.3 Å². The fraction of sp³-hybridized carbons (Fsp3) is 0.381. The van der Waals surface area contributed by atoms with Gasteiger partial charge in [0.25, 0.3) is 5.91 Å². The quantitative estimate of drug-likeness (QED) is 0.692. The normalized spacial score (nSPS) is 13.6. The van der Waals surface area contributed by atoms with Crippen LogP contribution in [0.25, 0.3) is 10.2 Å². The van der Waals surface area contributed by atoms with Crippen LogP contribution in [0.4, 0.5) is 5.82 Å². The Morgan fingerprint density at radius 2 is 1.93 bits per heavy atom. The molecule has 0 bridgehead atoms. The highest BCUT2D eigenvalue weighted by atomic mass is 32.1. The summed E-state index contributed by atoms with van der Waals surface area (Å²) in [5, 5.41) is 7.59. The number of hydrogen-bond donors (Lipinski definition) is 2. The van der Waals surface area contributed by atoms with E-state index in [1.54, 1.807) is 6.33 Å². The summed E-state index contributed by atoms with van der Waals surface area (Å²) in [7, 11) is 0. The summed E-state index contributed by atoms with van der Waals surface area (Å²) in [6.07, 6.45) is 6.44. The lowest BCUT2D eigenvalue weighted by Gasteiger charge is -2.13. The molecular formula is C21H24N4OS. The van der Waals surface area contributed by atoms with E-state index in [9.17, 15) is 4.79 Å². The Kier molecular flexibility index (Phi) is 5.07. The maximum Gasteiger partial charge on any atom is 0.251 e. The van der Waals surface area contributed by atoms with E-state index >= 15 is 0 Å². The third kappa shape index (κ3) is 3.81. The van der Waals surface area contributed by atoms with E-state index in [0.717, 1.165) is 29.1 Å². The van der Waals surface area contributed by atoms with Crippen LogP contribution < -0.4 is 10.6 Å². The molecule has 3 aromatic rings. The van der Waals surface area contributed by atoms with E-state index in [1.165, 1.54) is 28.7 Å². The van der Waals surface area contributed by atoms with Gasteiger partial charge in [-0.2, -0.15) is 0 Å². The van der Waals surface area contributed by atoms with Crippen molar-refractivity contribution in [3.63, 3.8) is 0 Å². The average Bonchev–Trinajstić information content (AvgIpc) is 3.05. The maximum absolute atomic E-state index is 12.1. The van der Waals surface area contributed by atoms with Crippen LogP contribution in [-0.4, -0.2) is 21.9 Å². The Morgan fingerprint density at radius 1 is 1.15 bits per heavy atom. The molecule has 2 aromatic heterocycles. The number of anilines is 1. The van der Waals surface area contributed by atoms with Crippen molar-refractivity contribution < 1.29 is 4.79 Å². The van der Waals surface area contributed by atoms with Crippen molar-refractivity contribution in [3.8, 4) is 0 Å². The summed E-state index contributed by atoms with van der Waals surface area (Å²) in [6.45, 7) is 4.59. The van der Waals surface area contributed by atoms with Crippen LogP contribution in [0.1, 0.15) is 53.1 Å². The molecule has 1 aliphatic rings. The molecule has 6 heteroatoms. The molecule has 0 aliphatic heterocycles. The van der Waals surface area contributed by atoms with Crippen LogP contribution in [0.15, 0.2) is 30.6 Å². The first-order valence-electron chi connectivity index (χ1n) is 9.50. The molecular weight excluding hydrogens is 356 g/mol. The van der Waals surface area contributed by atoms with Crippen LogP contribution in [0.2, 0.25) is 0 Å². The van der Waals surface area contributed by atoms with Crippen molar-refractivity contribution >= 4 is 33.3 Å². The lowest BCUT2D eigenvalue weighted by atomic mass is 9.97. The molecule has 0 radical (unpaired) electrons. The minimum absolute atomic E-state index is 0.0353. The Bertz CT molecular complexity index is 962. The van der Waals surface area contributed by atoms with Gasteiger partial charge in [0.15, 0.2) is 0 Å². The molecule has 0 fully saturated rings. The fourth-order valence-corrected chi connectivity index (χ4v) is 4.76. The number of aryl methyl sites for hydroxylation is 2. The van der Waals surface area contributed by atoms with Crippen molar-refractivity contribution in [2.24, 2.45) is 0 Å². The minimum atomic E-state index is -0.0353. The second-order valence-corrected chi connectivity index (χ2v) is 8.38. The molecule has 0 saturated heterocycles. The summed E-state index contributed by atoms with van der Waals surface area (Å²) >= 11 is 1.81. The minimum Gasteiger partial charge on any atom is -0.365 e. The van der Waals surface area contributed by atoms with Gasteiger partial charge in [0.2, 0.25) is 0 Å². The molecule has 2 heterocycles. The molecule has 4 rings (SSSR count). The molecule has 0 spiro atoms. The summed E-state index contributed by atoms with van der Waals surface area (Å²) < 4.78 is 0. The Hall–Kier alpha value is -2.47. The highest BCUT2D eigenvalue weighted by molar-refractivity contribution is 7.19. The third-order valence-corrected chi connectivity index (χ3v) is 6.05. The van der Waals surface area contributed by atoms with Gasteiger partial charge in [-0.15, -0.1) is 11.3 Å². The number of rotatable bonds is 5. The summed E-state index contributed by atoms with van der Waals surface area (Å²) in [6, 6.07) is 7.86. The number of nitrogens with zero attached hydrogens (tertiary/aromatic N) is 2. The van der Waals surface area contributed by atoms with Gasteiger partial charge in [-0.1, -0.05) is 12.1 Å². The van der Waals surface area contributed by atoms with E-state index in [1.807, 2.05) is 49.4 Å². The SMILES string of the molecule is CC(C)NC(=O)c1ccc(CNc2ncnc3sc4c(c23)CCCC4)cc1. The summed E-state index contributed by atoms with van der Waals surface area (Å²) in [5.74, 6) is 0.882. The highest BCUT2D eigenvalue weighted by Gasteiger charge is 2.19. The van der Waals surface area contributed by atoms with Crippen LogP contribution in [0.5, 0.6) is 0 Å². The first-order valence-corrected chi connectivity index (χ1v) is 10.3. The van der Waals surface area contributed by atoms with Crippen molar-refractivity contribution in [1.29, 1.82) is 0 Å². The number of carbonyl (C=O) groups excluding carboxylic acids is 1. The zero-order valence-corrected chi connectivity index (χ0v) is 16.5. The standard InChI is InChI=1S/C21H24N4OS/c1-13(2)25-20(26)15-9-7-14(8-10-15)11-22-19-18-16-5-3-4-6-17(16)27-21(18)24-12-23-19/h7-10,12-13H,3-6,11H2,1-2H3,(H,25,26)(H,22,23,24). The number of amides is 1. The molecule has 0 atom stereocenters. The van der Waals surface area contributed by atoms with Gasteiger partial charge >= 0.3 is 0 Å². The molecule has 1 aromatic carbocycles. The lowest BCUT2D eigenvalue weighted by Crippen LogP contribution is -2.30. The number of benzene rings is 1. The second kappa shape index (κ2) is 7.64. The van der Waals surface area contributed by atoms with Gasteiger partial charge in [-0.3, -0.25) is 4.79 Å². The lowest BCUT2D eigenvalue weighted by molar-refractivity contribution is 0.0943. The van der Waals surface area contributed by atoms with Gasteiger partial charge < -0.3 is 10.6 Å². The van der Waals surface area contributed by atoms with Crippen LogP contribution >= 0.6 is 11.3 Å². The Labute approximate surface area is 163 Å². The number of nitrogens with one attached hydrogen (secondary N) is 2. The Balaban J connectivity index is 1.50. The first-order chi connectivity index (χ1) is 13.1. The van der Waals surface area contributed by atoms with Gasteiger partial charge in [0.1, 0.15) is 17.0 Å². The summed E-state index contributed by atoms with van der Waals surface area (Å²) in [5.41, 5.74) is 3.24. The van der Waals surface area contributed by atoms with E-state index in [0.29, 0.717) is 12.1 Å². The average molecular weight is 381 g/mol. The predicted octanol–water partition coefficient (Wildman–Crippen LogP) is 4.32. The zero-order valence-electron chi connectivity index (χ0n) is 15.7. The molecule has 27 heavy (non-hydrogen) atoms. The van der Waals surface area contributed by atoms with Crippen molar-refractivity contribution in [3.05, 3.63) is 52.2 Å². The number of thiophene rings is 1. The van der Waals surface area contributed by atoms with E-state index in [4.69, 9.17) is 0 Å². The zero-order chi connectivity index (χ0) is 18.8. The number of fused-ring (bicyclic) bond motifs is 3. The van der Waals surface area contributed by atoms with Gasteiger partial charge in [0, 0.05) is 23.0 Å². The monoisotopic (exact) mass is 380 g/mol. The molecule has 0 saturated carbocycles. The second-order valence-electron chi connectivity index (χ2n) is 7.29. The van der Waals surface area contributed by atoms with E-state index < -0.39 is 0 Å². The number of aromatic nitrogens is 2.